The van der Waals surface area contributed by atoms with Crippen molar-refractivity contribution in [3.63, 3.8) is 0 Å². The minimum absolute atomic E-state index is 0.137. The van der Waals surface area contributed by atoms with Crippen molar-refractivity contribution in [2.75, 3.05) is 24.5 Å². The normalized spacial score (nSPS) is 16.5. The van der Waals surface area contributed by atoms with E-state index >= 15 is 0 Å². The molecule has 2 aromatic rings. The second-order valence-electron chi connectivity index (χ2n) is 6.91. The molecule has 6 nitrogen and oxygen atoms in total. The summed E-state index contributed by atoms with van der Waals surface area (Å²) in [5.41, 5.74) is 1.59. The molecular formula is C19H25N5O. The first-order valence-electron chi connectivity index (χ1n) is 8.80. The van der Waals surface area contributed by atoms with Crippen LogP contribution in [0.5, 0.6) is 0 Å². The van der Waals surface area contributed by atoms with Gasteiger partial charge in [-0.3, -0.25) is 9.78 Å². The molecule has 0 saturated carbocycles. The summed E-state index contributed by atoms with van der Waals surface area (Å²) in [6.07, 6.45) is 4.17. The van der Waals surface area contributed by atoms with Gasteiger partial charge < -0.3 is 10.2 Å². The molecule has 1 fully saturated rings. The summed E-state index contributed by atoms with van der Waals surface area (Å²) in [4.78, 5) is 19.1. The second kappa shape index (κ2) is 7.59. The zero-order valence-corrected chi connectivity index (χ0v) is 14.9. The summed E-state index contributed by atoms with van der Waals surface area (Å²) >= 11 is 0. The Morgan fingerprint density at radius 2 is 2.00 bits per heavy atom. The van der Waals surface area contributed by atoms with Gasteiger partial charge in [0.1, 0.15) is 0 Å². The van der Waals surface area contributed by atoms with Crippen LogP contribution in [0.25, 0.3) is 0 Å². The Bertz CT molecular complexity index is 694. The maximum Gasteiger partial charge on any atom is 0.226 e. The zero-order chi connectivity index (χ0) is 17.7. The zero-order valence-electron chi connectivity index (χ0n) is 14.9. The predicted octanol–water partition coefficient (Wildman–Crippen LogP) is 2.15. The van der Waals surface area contributed by atoms with Crippen LogP contribution in [0, 0.1) is 12.3 Å². The fraction of sp³-hybridized carbons (Fsp3) is 0.474. The van der Waals surface area contributed by atoms with Gasteiger partial charge in [0.15, 0.2) is 5.82 Å². The first-order chi connectivity index (χ1) is 12.1. The lowest BCUT2D eigenvalue weighted by Gasteiger charge is -2.38. The van der Waals surface area contributed by atoms with E-state index in [1.807, 2.05) is 37.3 Å². The lowest BCUT2D eigenvalue weighted by atomic mass is 9.79. The Morgan fingerprint density at radius 1 is 1.20 bits per heavy atom. The highest BCUT2D eigenvalue weighted by molar-refractivity contribution is 5.82. The van der Waals surface area contributed by atoms with Gasteiger partial charge in [0, 0.05) is 43.4 Å². The number of hydrogen-bond donors (Lipinski definition) is 1. The molecule has 6 heteroatoms. The van der Waals surface area contributed by atoms with E-state index in [1.165, 1.54) is 0 Å². The van der Waals surface area contributed by atoms with E-state index in [4.69, 9.17) is 0 Å². The molecule has 3 rings (SSSR count). The lowest BCUT2D eigenvalue weighted by Crippen LogP contribution is -2.48. The van der Waals surface area contributed by atoms with Gasteiger partial charge in [0.05, 0.1) is 5.69 Å². The molecule has 1 aliphatic rings. The SMILES string of the molecule is Cc1ccc(N2CCC(C)(C(=O)NCCc3ccccn3)CC2)nn1. The topological polar surface area (TPSA) is 71.0 Å². The van der Waals surface area contributed by atoms with E-state index < -0.39 is 0 Å². The molecule has 0 aromatic carbocycles. The monoisotopic (exact) mass is 339 g/mol. The fourth-order valence-corrected chi connectivity index (χ4v) is 3.08. The van der Waals surface area contributed by atoms with Gasteiger partial charge >= 0.3 is 0 Å². The molecule has 1 aliphatic heterocycles. The molecule has 1 amide bonds. The van der Waals surface area contributed by atoms with E-state index in [9.17, 15) is 4.79 Å². The third kappa shape index (κ3) is 4.32. The number of anilines is 1. The van der Waals surface area contributed by atoms with Gasteiger partial charge in [0.25, 0.3) is 0 Å². The molecule has 0 radical (unpaired) electrons. The maximum atomic E-state index is 12.6. The van der Waals surface area contributed by atoms with Crippen LogP contribution >= 0.6 is 0 Å². The molecule has 3 heterocycles. The Balaban J connectivity index is 1.49. The van der Waals surface area contributed by atoms with Crippen molar-refractivity contribution < 1.29 is 4.79 Å². The van der Waals surface area contributed by atoms with Crippen molar-refractivity contribution in [3.05, 3.63) is 47.9 Å². The molecule has 2 aromatic heterocycles. The number of hydrogen-bond acceptors (Lipinski definition) is 5. The lowest BCUT2D eigenvalue weighted by molar-refractivity contribution is -0.131. The van der Waals surface area contributed by atoms with Crippen LogP contribution in [0.15, 0.2) is 36.5 Å². The number of aryl methyl sites for hydroxylation is 1. The Hall–Kier alpha value is -2.50. The van der Waals surface area contributed by atoms with Crippen molar-refractivity contribution in [3.8, 4) is 0 Å². The van der Waals surface area contributed by atoms with Crippen LogP contribution in [0.3, 0.4) is 0 Å². The number of piperidine rings is 1. The van der Waals surface area contributed by atoms with E-state index in [-0.39, 0.29) is 11.3 Å². The quantitative estimate of drug-likeness (QED) is 0.904. The maximum absolute atomic E-state index is 12.6. The van der Waals surface area contributed by atoms with Gasteiger partial charge in [-0.05, 0) is 44.0 Å². The van der Waals surface area contributed by atoms with Crippen molar-refractivity contribution >= 4 is 11.7 Å². The molecule has 25 heavy (non-hydrogen) atoms. The van der Waals surface area contributed by atoms with E-state index in [0.29, 0.717) is 6.54 Å². The Kier molecular flexibility index (Phi) is 5.26. The molecule has 1 N–H and O–H groups in total. The van der Waals surface area contributed by atoms with E-state index in [0.717, 1.165) is 49.6 Å². The van der Waals surface area contributed by atoms with Crippen molar-refractivity contribution in [2.45, 2.75) is 33.1 Å². The largest absolute Gasteiger partial charge is 0.355 e. The van der Waals surface area contributed by atoms with Gasteiger partial charge in [-0.1, -0.05) is 13.0 Å². The van der Waals surface area contributed by atoms with Crippen LogP contribution in [-0.2, 0) is 11.2 Å². The molecule has 0 atom stereocenters. The summed E-state index contributed by atoms with van der Waals surface area (Å²) in [6.45, 7) is 6.25. The number of aromatic nitrogens is 3. The Morgan fingerprint density at radius 3 is 2.64 bits per heavy atom. The number of nitrogens with one attached hydrogen (secondary N) is 1. The molecule has 132 valence electrons. The van der Waals surface area contributed by atoms with Crippen LogP contribution in [-0.4, -0.2) is 40.7 Å². The number of rotatable bonds is 5. The van der Waals surface area contributed by atoms with Crippen molar-refractivity contribution in [1.29, 1.82) is 0 Å². The van der Waals surface area contributed by atoms with Crippen LogP contribution in [0.2, 0.25) is 0 Å². The van der Waals surface area contributed by atoms with Gasteiger partial charge in [-0.25, -0.2) is 0 Å². The minimum Gasteiger partial charge on any atom is -0.355 e. The molecule has 0 unspecified atom stereocenters. The van der Waals surface area contributed by atoms with Crippen LogP contribution in [0.1, 0.15) is 31.2 Å². The first-order valence-corrected chi connectivity index (χ1v) is 8.80. The highest BCUT2D eigenvalue weighted by atomic mass is 16.2. The molecule has 0 spiro atoms. The number of carbonyl (C=O) groups excluding carboxylic acids is 1. The summed E-state index contributed by atoms with van der Waals surface area (Å²) in [7, 11) is 0. The highest BCUT2D eigenvalue weighted by Gasteiger charge is 2.37. The standard InChI is InChI=1S/C19H25N5O/c1-15-6-7-17(23-22-15)24-13-9-19(2,10-14-24)18(25)21-12-8-16-5-3-4-11-20-16/h3-7,11H,8-10,12-14H2,1-2H3,(H,21,25). The second-order valence-corrected chi connectivity index (χ2v) is 6.91. The summed E-state index contributed by atoms with van der Waals surface area (Å²) in [5, 5.41) is 11.4. The minimum atomic E-state index is -0.321. The number of pyridine rings is 1. The third-order valence-corrected chi connectivity index (χ3v) is 4.92. The summed E-state index contributed by atoms with van der Waals surface area (Å²) in [5.74, 6) is 1.03. The summed E-state index contributed by atoms with van der Waals surface area (Å²) in [6, 6.07) is 9.82. The first kappa shape index (κ1) is 17.3. The van der Waals surface area contributed by atoms with Gasteiger partial charge in [-0.15, -0.1) is 5.10 Å². The average Bonchev–Trinajstić information content (AvgIpc) is 2.64. The van der Waals surface area contributed by atoms with Gasteiger partial charge in [-0.2, -0.15) is 5.10 Å². The van der Waals surface area contributed by atoms with E-state index in [2.05, 4.69) is 32.3 Å². The fourth-order valence-electron chi connectivity index (χ4n) is 3.08. The molecule has 0 aliphatic carbocycles. The third-order valence-electron chi connectivity index (χ3n) is 4.92. The van der Waals surface area contributed by atoms with Crippen molar-refractivity contribution in [1.82, 2.24) is 20.5 Å². The smallest absolute Gasteiger partial charge is 0.226 e. The molecule has 0 bridgehead atoms. The number of carbonyl (C=O) groups is 1. The average molecular weight is 339 g/mol. The summed E-state index contributed by atoms with van der Waals surface area (Å²) < 4.78 is 0. The predicted molar refractivity (Wildman–Crippen MR) is 97.3 cm³/mol. The number of nitrogens with zero attached hydrogens (tertiary/aromatic N) is 4. The Labute approximate surface area is 148 Å². The highest BCUT2D eigenvalue weighted by Crippen LogP contribution is 2.32. The number of amides is 1. The van der Waals surface area contributed by atoms with Crippen molar-refractivity contribution in [2.24, 2.45) is 5.41 Å². The van der Waals surface area contributed by atoms with Gasteiger partial charge in [0.2, 0.25) is 5.91 Å². The van der Waals surface area contributed by atoms with Crippen LogP contribution in [0.4, 0.5) is 5.82 Å². The molecular weight excluding hydrogens is 314 g/mol. The van der Waals surface area contributed by atoms with Crippen LogP contribution < -0.4 is 10.2 Å². The molecule has 1 saturated heterocycles. The van der Waals surface area contributed by atoms with E-state index in [1.54, 1.807) is 6.20 Å².